The molecule has 0 atom stereocenters. The van der Waals surface area contributed by atoms with Gasteiger partial charge in [-0.25, -0.2) is 0 Å². The lowest BCUT2D eigenvalue weighted by atomic mass is 10.3. The van der Waals surface area contributed by atoms with Gasteiger partial charge < -0.3 is 5.11 Å². The molecule has 3 heteroatoms. The smallest absolute Gasteiger partial charge is 0.137 e. The SMILES string of the molecule is Cc1ccc(O)c(CS)n1. The molecule has 10 heavy (non-hydrogen) atoms. The van der Waals surface area contributed by atoms with Gasteiger partial charge in [-0.2, -0.15) is 12.6 Å². The molecule has 0 radical (unpaired) electrons. The molecule has 0 aliphatic heterocycles. The van der Waals surface area contributed by atoms with E-state index in [1.54, 1.807) is 12.1 Å². The molecule has 0 aliphatic carbocycles. The number of nitrogens with zero attached hydrogens (tertiary/aromatic N) is 1. The fourth-order valence-corrected chi connectivity index (χ4v) is 0.952. The van der Waals surface area contributed by atoms with Crippen molar-refractivity contribution in [1.29, 1.82) is 0 Å². The van der Waals surface area contributed by atoms with E-state index in [2.05, 4.69) is 17.6 Å². The molecule has 1 aromatic rings. The zero-order valence-corrected chi connectivity index (χ0v) is 6.60. The lowest BCUT2D eigenvalue weighted by Crippen LogP contribution is -1.88. The van der Waals surface area contributed by atoms with E-state index in [-0.39, 0.29) is 5.75 Å². The van der Waals surface area contributed by atoms with Gasteiger partial charge in [0.1, 0.15) is 5.75 Å². The van der Waals surface area contributed by atoms with E-state index in [1.165, 1.54) is 0 Å². The number of rotatable bonds is 1. The van der Waals surface area contributed by atoms with Crippen LogP contribution in [-0.2, 0) is 5.75 Å². The van der Waals surface area contributed by atoms with Gasteiger partial charge in [0.05, 0.1) is 5.69 Å². The number of hydrogen-bond donors (Lipinski definition) is 2. The molecule has 1 N–H and O–H groups in total. The van der Waals surface area contributed by atoms with Crippen molar-refractivity contribution in [3.05, 3.63) is 23.5 Å². The van der Waals surface area contributed by atoms with E-state index in [9.17, 15) is 0 Å². The quantitative estimate of drug-likeness (QED) is 0.603. The van der Waals surface area contributed by atoms with Crippen LogP contribution in [0, 0.1) is 6.92 Å². The van der Waals surface area contributed by atoms with E-state index in [0.29, 0.717) is 11.4 Å². The van der Waals surface area contributed by atoms with Crippen molar-refractivity contribution in [3.8, 4) is 5.75 Å². The van der Waals surface area contributed by atoms with Crippen LogP contribution in [0.15, 0.2) is 12.1 Å². The van der Waals surface area contributed by atoms with Gasteiger partial charge in [0.2, 0.25) is 0 Å². The summed E-state index contributed by atoms with van der Waals surface area (Å²) in [5.74, 6) is 0.702. The van der Waals surface area contributed by atoms with Crippen molar-refractivity contribution in [2.75, 3.05) is 0 Å². The molecule has 54 valence electrons. The minimum Gasteiger partial charge on any atom is -0.506 e. The van der Waals surface area contributed by atoms with Crippen LogP contribution in [0.4, 0.5) is 0 Å². The highest BCUT2D eigenvalue weighted by atomic mass is 32.1. The molecule has 0 saturated heterocycles. The summed E-state index contributed by atoms with van der Waals surface area (Å²) in [6.07, 6.45) is 0. The molecular formula is C7H9NOS. The highest BCUT2D eigenvalue weighted by molar-refractivity contribution is 7.79. The molecule has 0 unspecified atom stereocenters. The Balaban J connectivity index is 3.09. The van der Waals surface area contributed by atoms with Crippen LogP contribution < -0.4 is 0 Å². The minimum atomic E-state index is 0.223. The third kappa shape index (κ3) is 1.42. The van der Waals surface area contributed by atoms with E-state index in [4.69, 9.17) is 5.11 Å². The van der Waals surface area contributed by atoms with Gasteiger partial charge in [0, 0.05) is 11.4 Å². The second-order valence-corrected chi connectivity index (χ2v) is 2.39. The van der Waals surface area contributed by atoms with Crippen molar-refractivity contribution in [3.63, 3.8) is 0 Å². The average molecular weight is 155 g/mol. The van der Waals surface area contributed by atoms with Crippen LogP contribution >= 0.6 is 12.6 Å². The van der Waals surface area contributed by atoms with Crippen LogP contribution in [-0.4, -0.2) is 10.1 Å². The number of thiol groups is 1. The first-order valence-electron chi connectivity index (χ1n) is 3.00. The van der Waals surface area contributed by atoms with Gasteiger partial charge in [-0.05, 0) is 19.1 Å². The number of hydrogen-bond acceptors (Lipinski definition) is 3. The van der Waals surface area contributed by atoms with Gasteiger partial charge in [0.25, 0.3) is 0 Å². The van der Waals surface area contributed by atoms with E-state index in [1.807, 2.05) is 6.92 Å². The molecule has 0 aromatic carbocycles. The zero-order chi connectivity index (χ0) is 7.56. The van der Waals surface area contributed by atoms with Crippen molar-refractivity contribution in [2.45, 2.75) is 12.7 Å². The maximum atomic E-state index is 9.12. The Labute approximate surface area is 65.3 Å². The standard InChI is InChI=1S/C7H9NOS/c1-5-2-3-7(9)6(4-10)8-5/h2-3,9-10H,4H2,1H3. The summed E-state index contributed by atoms with van der Waals surface area (Å²) >= 11 is 4.00. The second kappa shape index (κ2) is 2.92. The fourth-order valence-electron chi connectivity index (χ4n) is 0.720. The molecule has 0 aliphatic rings. The first-order valence-corrected chi connectivity index (χ1v) is 3.63. The average Bonchev–Trinajstić information content (AvgIpc) is 1.94. The minimum absolute atomic E-state index is 0.223. The fraction of sp³-hybridized carbons (Fsp3) is 0.286. The van der Waals surface area contributed by atoms with E-state index in [0.717, 1.165) is 5.69 Å². The summed E-state index contributed by atoms with van der Waals surface area (Å²) in [6.45, 7) is 1.88. The van der Waals surface area contributed by atoms with Crippen molar-refractivity contribution in [1.82, 2.24) is 4.98 Å². The first-order chi connectivity index (χ1) is 4.74. The van der Waals surface area contributed by atoms with Gasteiger partial charge in [-0.15, -0.1) is 0 Å². The summed E-state index contributed by atoms with van der Waals surface area (Å²) in [7, 11) is 0. The van der Waals surface area contributed by atoms with Crippen molar-refractivity contribution >= 4 is 12.6 Å². The monoisotopic (exact) mass is 155 g/mol. The van der Waals surface area contributed by atoms with E-state index >= 15 is 0 Å². The molecule has 0 spiro atoms. The predicted molar refractivity (Wildman–Crippen MR) is 43.3 cm³/mol. The van der Waals surface area contributed by atoms with Crippen LogP contribution in [0.3, 0.4) is 0 Å². The van der Waals surface area contributed by atoms with Crippen LogP contribution in [0.2, 0.25) is 0 Å². The number of aromatic nitrogens is 1. The highest BCUT2D eigenvalue weighted by Crippen LogP contribution is 2.15. The van der Waals surface area contributed by atoms with Crippen molar-refractivity contribution < 1.29 is 5.11 Å². The molecular weight excluding hydrogens is 146 g/mol. The summed E-state index contributed by atoms with van der Waals surface area (Å²) in [6, 6.07) is 3.40. The second-order valence-electron chi connectivity index (χ2n) is 2.08. The Morgan fingerprint density at radius 2 is 2.30 bits per heavy atom. The zero-order valence-electron chi connectivity index (χ0n) is 5.70. The maximum absolute atomic E-state index is 9.12. The molecule has 2 nitrogen and oxygen atoms in total. The van der Waals surface area contributed by atoms with Crippen LogP contribution in [0.5, 0.6) is 5.75 Å². The topological polar surface area (TPSA) is 33.1 Å². The number of aromatic hydroxyl groups is 1. The molecule has 1 heterocycles. The van der Waals surface area contributed by atoms with Crippen LogP contribution in [0.25, 0.3) is 0 Å². The summed E-state index contributed by atoms with van der Waals surface area (Å²) in [5.41, 5.74) is 1.55. The molecule has 1 aromatic heterocycles. The van der Waals surface area contributed by atoms with E-state index < -0.39 is 0 Å². The third-order valence-corrected chi connectivity index (χ3v) is 1.54. The molecule has 1 rings (SSSR count). The Morgan fingerprint density at radius 3 is 2.80 bits per heavy atom. The molecule has 0 bridgehead atoms. The largest absolute Gasteiger partial charge is 0.506 e. The maximum Gasteiger partial charge on any atom is 0.137 e. The van der Waals surface area contributed by atoms with Crippen LogP contribution in [0.1, 0.15) is 11.4 Å². The lowest BCUT2D eigenvalue weighted by Gasteiger charge is -1.99. The number of aryl methyl sites for hydroxylation is 1. The third-order valence-electron chi connectivity index (χ3n) is 1.24. The van der Waals surface area contributed by atoms with Gasteiger partial charge in [-0.1, -0.05) is 0 Å². The first kappa shape index (κ1) is 7.41. The molecule has 0 saturated carbocycles. The number of pyridine rings is 1. The van der Waals surface area contributed by atoms with Crippen molar-refractivity contribution in [2.24, 2.45) is 0 Å². The molecule has 0 fully saturated rings. The predicted octanol–water partition coefficient (Wildman–Crippen LogP) is 1.53. The Hall–Kier alpha value is -0.700. The molecule has 0 amide bonds. The summed E-state index contributed by atoms with van der Waals surface area (Å²) < 4.78 is 0. The highest BCUT2D eigenvalue weighted by Gasteiger charge is 1.98. The normalized spacial score (nSPS) is 9.80. The Bertz CT molecular complexity index is 237. The Morgan fingerprint density at radius 1 is 1.60 bits per heavy atom. The van der Waals surface area contributed by atoms with Gasteiger partial charge >= 0.3 is 0 Å². The lowest BCUT2D eigenvalue weighted by molar-refractivity contribution is 0.466. The Kier molecular flexibility index (Phi) is 2.17. The van der Waals surface area contributed by atoms with Gasteiger partial charge in [0.15, 0.2) is 0 Å². The summed E-state index contributed by atoms with van der Waals surface area (Å²) in [5, 5.41) is 9.12. The summed E-state index contributed by atoms with van der Waals surface area (Å²) in [4.78, 5) is 4.06. The van der Waals surface area contributed by atoms with Gasteiger partial charge in [-0.3, -0.25) is 4.98 Å².